The van der Waals surface area contributed by atoms with Gasteiger partial charge in [0.25, 0.3) is 5.91 Å². The minimum absolute atomic E-state index is 0.0611. The first-order valence-corrected chi connectivity index (χ1v) is 6.49. The summed E-state index contributed by atoms with van der Waals surface area (Å²) < 4.78 is 0.691. The molecule has 1 unspecified atom stereocenters. The van der Waals surface area contributed by atoms with Gasteiger partial charge in [-0.3, -0.25) is 4.79 Å². The molecule has 1 N–H and O–H groups in total. The van der Waals surface area contributed by atoms with Crippen LogP contribution in [-0.4, -0.2) is 37.1 Å². The number of likely N-dealkylation sites (N-methyl/N-ethyl adjacent to an activating group) is 1. The molecule has 1 aromatic rings. The number of nitrogens with one attached hydrogen (secondary N) is 1. The molecule has 1 rings (SSSR count). The van der Waals surface area contributed by atoms with Crippen molar-refractivity contribution in [2.45, 2.75) is 33.7 Å². The van der Waals surface area contributed by atoms with Crippen LogP contribution in [0.25, 0.3) is 0 Å². The second-order valence-corrected chi connectivity index (χ2v) is 5.53. The first-order chi connectivity index (χ1) is 8.29. The SMILES string of the molecule is CC[N+](C)(C)C(C)C(=O)Nc1c(C)cccc1C. The average Bonchev–Trinajstić information content (AvgIpc) is 2.32. The molecule has 0 fully saturated rings. The Morgan fingerprint density at radius 1 is 1.28 bits per heavy atom. The van der Waals surface area contributed by atoms with Gasteiger partial charge in [-0.2, -0.15) is 0 Å². The lowest BCUT2D eigenvalue weighted by atomic mass is 10.1. The Bertz CT molecular complexity index is 418. The van der Waals surface area contributed by atoms with Crippen molar-refractivity contribution in [2.75, 3.05) is 26.0 Å². The highest BCUT2D eigenvalue weighted by atomic mass is 16.2. The third-order valence-electron chi connectivity index (χ3n) is 3.97. The van der Waals surface area contributed by atoms with Gasteiger partial charge in [0.1, 0.15) is 0 Å². The topological polar surface area (TPSA) is 29.1 Å². The van der Waals surface area contributed by atoms with Crippen LogP contribution >= 0.6 is 0 Å². The van der Waals surface area contributed by atoms with Crippen molar-refractivity contribution in [3.63, 3.8) is 0 Å². The second kappa shape index (κ2) is 5.53. The molecule has 0 aliphatic heterocycles. The smallest absolute Gasteiger partial charge is 0.282 e. The fourth-order valence-corrected chi connectivity index (χ4v) is 1.83. The summed E-state index contributed by atoms with van der Waals surface area (Å²) in [5.41, 5.74) is 3.17. The van der Waals surface area contributed by atoms with E-state index in [1.807, 2.05) is 39.0 Å². The van der Waals surface area contributed by atoms with Crippen LogP contribution < -0.4 is 5.32 Å². The van der Waals surface area contributed by atoms with Gasteiger partial charge in [-0.1, -0.05) is 18.2 Å². The molecule has 1 aromatic carbocycles. The maximum Gasteiger partial charge on any atom is 0.282 e. The number of hydrogen-bond acceptors (Lipinski definition) is 1. The molecular weight excluding hydrogens is 224 g/mol. The summed E-state index contributed by atoms with van der Waals surface area (Å²) in [6.07, 6.45) is 0. The van der Waals surface area contributed by atoms with Crippen molar-refractivity contribution < 1.29 is 9.28 Å². The van der Waals surface area contributed by atoms with Crippen LogP contribution in [0.2, 0.25) is 0 Å². The number of carbonyl (C=O) groups excluding carboxylic acids is 1. The van der Waals surface area contributed by atoms with Crippen molar-refractivity contribution in [3.05, 3.63) is 29.3 Å². The van der Waals surface area contributed by atoms with E-state index in [1.54, 1.807) is 0 Å². The van der Waals surface area contributed by atoms with Crippen LogP contribution in [0, 0.1) is 13.8 Å². The second-order valence-electron chi connectivity index (χ2n) is 5.53. The van der Waals surface area contributed by atoms with Gasteiger partial charge in [-0.25, -0.2) is 0 Å². The van der Waals surface area contributed by atoms with Gasteiger partial charge in [-0.05, 0) is 38.8 Å². The molecule has 3 nitrogen and oxygen atoms in total. The number of aryl methyl sites for hydroxylation is 2. The Labute approximate surface area is 110 Å². The number of amides is 1. The molecule has 1 amide bonds. The average molecular weight is 249 g/mol. The first-order valence-electron chi connectivity index (χ1n) is 6.49. The van der Waals surface area contributed by atoms with Gasteiger partial charge in [0, 0.05) is 5.69 Å². The van der Waals surface area contributed by atoms with Crippen LogP contribution in [0.5, 0.6) is 0 Å². The lowest BCUT2D eigenvalue weighted by molar-refractivity contribution is -0.902. The third kappa shape index (κ3) is 3.10. The molecule has 0 aromatic heterocycles. The van der Waals surface area contributed by atoms with E-state index in [0.717, 1.165) is 23.4 Å². The standard InChI is InChI=1S/C15H24N2O/c1-7-17(5,6)13(4)15(18)16-14-11(2)9-8-10-12(14)3/h8-10,13H,7H2,1-6H3/p+1. The van der Waals surface area contributed by atoms with E-state index >= 15 is 0 Å². The minimum Gasteiger partial charge on any atom is -0.320 e. The van der Waals surface area contributed by atoms with Gasteiger partial charge in [0.2, 0.25) is 0 Å². The number of quaternary nitrogens is 1. The van der Waals surface area contributed by atoms with Gasteiger partial charge < -0.3 is 9.80 Å². The van der Waals surface area contributed by atoms with Crippen LogP contribution in [-0.2, 0) is 4.79 Å². The molecule has 0 spiro atoms. The summed E-state index contributed by atoms with van der Waals surface area (Å²) in [5.74, 6) is 0.0826. The Kier molecular flexibility index (Phi) is 4.52. The first kappa shape index (κ1) is 14.7. The summed E-state index contributed by atoms with van der Waals surface area (Å²) in [7, 11) is 4.16. The molecule has 100 valence electrons. The Morgan fingerprint density at radius 3 is 2.22 bits per heavy atom. The Balaban J connectivity index is 2.89. The number of nitrogens with zero attached hydrogens (tertiary/aromatic N) is 1. The number of benzene rings is 1. The lowest BCUT2D eigenvalue weighted by Gasteiger charge is -2.34. The largest absolute Gasteiger partial charge is 0.320 e. The molecule has 1 atom stereocenters. The number of para-hydroxylation sites is 1. The molecule has 0 saturated heterocycles. The fraction of sp³-hybridized carbons (Fsp3) is 0.533. The maximum atomic E-state index is 12.3. The zero-order valence-corrected chi connectivity index (χ0v) is 12.4. The van der Waals surface area contributed by atoms with Crippen LogP contribution in [0.4, 0.5) is 5.69 Å². The maximum absolute atomic E-state index is 12.3. The quantitative estimate of drug-likeness (QED) is 0.817. The van der Waals surface area contributed by atoms with E-state index in [-0.39, 0.29) is 11.9 Å². The number of carbonyl (C=O) groups is 1. The molecular formula is C15H25N2O+. The molecule has 0 saturated carbocycles. The fourth-order valence-electron chi connectivity index (χ4n) is 1.83. The van der Waals surface area contributed by atoms with Crippen molar-refractivity contribution in [2.24, 2.45) is 0 Å². The van der Waals surface area contributed by atoms with Crippen molar-refractivity contribution in [1.29, 1.82) is 0 Å². The number of anilines is 1. The van der Waals surface area contributed by atoms with Crippen LogP contribution in [0.15, 0.2) is 18.2 Å². The summed E-state index contributed by atoms with van der Waals surface area (Å²) in [6, 6.07) is 5.99. The highest BCUT2D eigenvalue weighted by Gasteiger charge is 2.29. The van der Waals surface area contributed by atoms with Crippen molar-refractivity contribution in [1.82, 2.24) is 0 Å². The van der Waals surface area contributed by atoms with Crippen molar-refractivity contribution in [3.8, 4) is 0 Å². The van der Waals surface area contributed by atoms with E-state index < -0.39 is 0 Å². The molecule has 18 heavy (non-hydrogen) atoms. The predicted octanol–water partition coefficient (Wildman–Crippen LogP) is 2.73. The normalized spacial score (nSPS) is 13.2. The van der Waals surface area contributed by atoms with Crippen LogP contribution in [0.1, 0.15) is 25.0 Å². The van der Waals surface area contributed by atoms with E-state index in [9.17, 15) is 4.79 Å². The number of rotatable bonds is 4. The predicted molar refractivity (Wildman–Crippen MR) is 76.7 cm³/mol. The summed E-state index contributed by atoms with van der Waals surface area (Å²) in [6.45, 7) is 9.05. The van der Waals surface area contributed by atoms with Crippen LogP contribution in [0.3, 0.4) is 0 Å². The molecule has 0 heterocycles. The Hall–Kier alpha value is -1.35. The molecule has 0 aliphatic carbocycles. The number of hydrogen-bond donors (Lipinski definition) is 1. The van der Waals surface area contributed by atoms with Gasteiger partial charge in [0.05, 0.1) is 20.6 Å². The van der Waals surface area contributed by atoms with E-state index in [0.29, 0.717) is 4.48 Å². The molecule has 0 bridgehead atoms. The summed E-state index contributed by atoms with van der Waals surface area (Å²) in [4.78, 5) is 12.3. The van der Waals surface area contributed by atoms with E-state index in [2.05, 4.69) is 26.3 Å². The molecule has 0 radical (unpaired) electrons. The van der Waals surface area contributed by atoms with E-state index in [4.69, 9.17) is 0 Å². The van der Waals surface area contributed by atoms with Gasteiger partial charge in [0.15, 0.2) is 6.04 Å². The lowest BCUT2D eigenvalue weighted by Crippen LogP contribution is -2.52. The van der Waals surface area contributed by atoms with E-state index in [1.165, 1.54) is 0 Å². The zero-order chi connectivity index (χ0) is 13.9. The van der Waals surface area contributed by atoms with Crippen molar-refractivity contribution >= 4 is 11.6 Å². The monoisotopic (exact) mass is 249 g/mol. The Morgan fingerprint density at radius 2 is 1.78 bits per heavy atom. The third-order valence-corrected chi connectivity index (χ3v) is 3.97. The zero-order valence-electron chi connectivity index (χ0n) is 12.4. The summed E-state index contributed by atoms with van der Waals surface area (Å²) >= 11 is 0. The minimum atomic E-state index is -0.0611. The van der Waals surface area contributed by atoms with Gasteiger partial charge in [-0.15, -0.1) is 0 Å². The highest BCUT2D eigenvalue weighted by molar-refractivity contribution is 5.95. The summed E-state index contributed by atoms with van der Waals surface area (Å²) in [5, 5.41) is 3.06. The molecule has 3 heteroatoms. The highest BCUT2D eigenvalue weighted by Crippen LogP contribution is 2.20. The molecule has 0 aliphatic rings. The van der Waals surface area contributed by atoms with Gasteiger partial charge >= 0.3 is 0 Å².